The lowest BCUT2D eigenvalue weighted by Crippen LogP contribution is -2.38. The Balaban J connectivity index is 0.00000243. The van der Waals surface area contributed by atoms with Crippen LogP contribution >= 0.6 is 24.0 Å². The standard InChI is InChI=1S/C19H26N6.HI/c1-20-19(22-11-5-14-25-15-6-12-23-25)21-10-4-13-24-16-9-17-7-2-3-8-18(17)24;/h2-3,6-9,12,15-16H,4-5,10-11,13-14H2,1H3,(H2,20,21,22);1H. The molecule has 0 spiro atoms. The molecular formula is C19H27IN6. The summed E-state index contributed by atoms with van der Waals surface area (Å²) in [5, 5.41) is 12.2. The van der Waals surface area contributed by atoms with E-state index >= 15 is 0 Å². The Labute approximate surface area is 171 Å². The van der Waals surface area contributed by atoms with Gasteiger partial charge in [0.05, 0.1) is 0 Å². The summed E-state index contributed by atoms with van der Waals surface area (Å²) in [6, 6.07) is 12.6. The number of aryl methyl sites for hydroxylation is 2. The molecule has 2 aromatic heterocycles. The van der Waals surface area contributed by atoms with Crippen LogP contribution < -0.4 is 10.6 Å². The van der Waals surface area contributed by atoms with Crippen molar-refractivity contribution < 1.29 is 0 Å². The first-order chi connectivity index (χ1) is 12.4. The van der Waals surface area contributed by atoms with Crippen molar-refractivity contribution in [3.8, 4) is 0 Å². The molecule has 2 heterocycles. The van der Waals surface area contributed by atoms with Gasteiger partial charge < -0.3 is 15.2 Å². The van der Waals surface area contributed by atoms with Crippen molar-refractivity contribution in [2.24, 2.45) is 4.99 Å². The van der Waals surface area contributed by atoms with Crippen molar-refractivity contribution >= 4 is 40.8 Å². The van der Waals surface area contributed by atoms with E-state index in [4.69, 9.17) is 0 Å². The van der Waals surface area contributed by atoms with Crippen LogP contribution in [-0.4, -0.2) is 40.4 Å². The highest BCUT2D eigenvalue weighted by Crippen LogP contribution is 2.15. The second-order valence-corrected chi connectivity index (χ2v) is 5.97. The van der Waals surface area contributed by atoms with Gasteiger partial charge in [-0.2, -0.15) is 5.10 Å². The fraction of sp³-hybridized carbons (Fsp3) is 0.368. The summed E-state index contributed by atoms with van der Waals surface area (Å²) in [4.78, 5) is 4.27. The maximum atomic E-state index is 4.27. The highest BCUT2D eigenvalue weighted by Gasteiger charge is 2.01. The second kappa shape index (κ2) is 10.8. The summed E-state index contributed by atoms with van der Waals surface area (Å²) in [6.07, 6.45) is 8.01. The third-order valence-corrected chi connectivity index (χ3v) is 4.19. The minimum Gasteiger partial charge on any atom is -0.356 e. The van der Waals surface area contributed by atoms with Crippen molar-refractivity contribution in [2.75, 3.05) is 20.1 Å². The smallest absolute Gasteiger partial charge is 0.190 e. The third kappa shape index (κ3) is 5.76. The molecule has 7 heteroatoms. The summed E-state index contributed by atoms with van der Waals surface area (Å²) in [6.45, 7) is 3.68. The lowest BCUT2D eigenvalue weighted by atomic mass is 10.2. The van der Waals surface area contributed by atoms with Gasteiger partial charge >= 0.3 is 0 Å². The molecule has 0 fully saturated rings. The van der Waals surface area contributed by atoms with Crippen LogP contribution in [-0.2, 0) is 13.1 Å². The fourth-order valence-corrected chi connectivity index (χ4v) is 2.89. The number of halogens is 1. The number of para-hydroxylation sites is 1. The molecular weight excluding hydrogens is 439 g/mol. The van der Waals surface area contributed by atoms with E-state index in [9.17, 15) is 0 Å². The minimum absolute atomic E-state index is 0. The Kier molecular flexibility index (Phi) is 8.46. The summed E-state index contributed by atoms with van der Waals surface area (Å²) >= 11 is 0. The Morgan fingerprint density at radius 2 is 1.77 bits per heavy atom. The largest absolute Gasteiger partial charge is 0.356 e. The van der Waals surface area contributed by atoms with Crippen LogP contribution in [0.2, 0.25) is 0 Å². The van der Waals surface area contributed by atoms with Gasteiger partial charge in [0.2, 0.25) is 0 Å². The van der Waals surface area contributed by atoms with E-state index in [1.807, 2.05) is 30.2 Å². The van der Waals surface area contributed by atoms with Gasteiger partial charge in [-0.05, 0) is 36.4 Å². The molecule has 0 aliphatic carbocycles. The van der Waals surface area contributed by atoms with Gasteiger partial charge in [-0.25, -0.2) is 0 Å². The molecule has 1 aromatic carbocycles. The molecule has 0 saturated carbocycles. The third-order valence-electron chi connectivity index (χ3n) is 4.19. The van der Waals surface area contributed by atoms with Crippen LogP contribution in [0, 0.1) is 0 Å². The van der Waals surface area contributed by atoms with Gasteiger partial charge in [0.25, 0.3) is 0 Å². The number of guanidine groups is 1. The summed E-state index contributed by atoms with van der Waals surface area (Å²) < 4.78 is 4.25. The molecule has 140 valence electrons. The average Bonchev–Trinajstić information content (AvgIpc) is 3.30. The Morgan fingerprint density at radius 3 is 2.50 bits per heavy atom. The Hall–Kier alpha value is -2.03. The first-order valence-corrected chi connectivity index (χ1v) is 8.82. The van der Waals surface area contributed by atoms with Gasteiger partial charge in [-0.3, -0.25) is 9.67 Å². The van der Waals surface area contributed by atoms with Gasteiger partial charge in [0, 0.05) is 57.3 Å². The average molecular weight is 466 g/mol. The van der Waals surface area contributed by atoms with Crippen LogP contribution in [0.1, 0.15) is 12.8 Å². The maximum Gasteiger partial charge on any atom is 0.190 e. The van der Waals surface area contributed by atoms with E-state index in [1.54, 1.807) is 0 Å². The molecule has 0 bridgehead atoms. The first kappa shape index (κ1) is 20.3. The summed E-state index contributed by atoms with van der Waals surface area (Å²) in [5.41, 5.74) is 1.30. The molecule has 6 nitrogen and oxygen atoms in total. The Morgan fingerprint density at radius 1 is 1.00 bits per heavy atom. The van der Waals surface area contributed by atoms with Crippen molar-refractivity contribution in [1.82, 2.24) is 25.0 Å². The topological polar surface area (TPSA) is 59.2 Å². The predicted molar refractivity (Wildman–Crippen MR) is 118 cm³/mol. The Bertz CT molecular complexity index is 793. The van der Waals surface area contributed by atoms with Gasteiger partial charge in [-0.1, -0.05) is 18.2 Å². The number of aromatic nitrogens is 3. The molecule has 0 atom stereocenters. The number of fused-ring (bicyclic) bond motifs is 1. The van der Waals surface area contributed by atoms with Crippen molar-refractivity contribution in [3.05, 3.63) is 55.0 Å². The number of aliphatic imine (C=N–C) groups is 1. The highest BCUT2D eigenvalue weighted by molar-refractivity contribution is 14.0. The zero-order valence-corrected chi connectivity index (χ0v) is 17.5. The number of nitrogens with zero attached hydrogens (tertiary/aromatic N) is 4. The predicted octanol–water partition coefficient (Wildman–Crippen LogP) is 3.10. The van der Waals surface area contributed by atoms with Crippen LogP contribution in [0.3, 0.4) is 0 Å². The first-order valence-electron chi connectivity index (χ1n) is 8.82. The van der Waals surface area contributed by atoms with E-state index in [0.29, 0.717) is 0 Å². The van der Waals surface area contributed by atoms with Gasteiger partial charge in [0.1, 0.15) is 0 Å². The summed E-state index contributed by atoms with van der Waals surface area (Å²) in [5.74, 6) is 0.859. The van der Waals surface area contributed by atoms with Crippen molar-refractivity contribution in [3.63, 3.8) is 0 Å². The molecule has 3 aromatic rings. The second-order valence-electron chi connectivity index (χ2n) is 5.97. The SMILES string of the molecule is CN=C(NCCCn1cccn1)NCCCn1ccc2ccccc21.I. The normalized spacial score (nSPS) is 11.3. The number of hydrogen-bond acceptors (Lipinski definition) is 2. The number of nitrogens with one attached hydrogen (secondary N) is 2. The van der Waals surface area contributed by atoms with E-state index in [0.717, 1.165) is 45.0 Å². The molecule has 26 heavy (non-hydrogen) atoms. The monoisotopic (exact) mass is 466 g/mol. The molecule has 0 radical (unpaired) electrons. The molecule has 2 N–H and O–H groups in total. The maximum absolute atomic E-state index is 4.27. The quantitative estimate of drug-likeness (QED) is 0.232. The fourth-order valence-electron chi connectivity index (χ4n) is 2.89. The summed E-state index contributed by atoms with van der Waals surface area (Å²) in [7, 11) is 1.81. The van der Waals surface area contributed by atoms with Crippen LogP contribution in [0.5, 0.6) is 0 Å². The zero-order chi connectivity index (χ0) is 17.3. The number of rotatable bonds is 8. The number of hydrogen-bond donors (Lipinski definition) is 2. The van der Waals surface area contributed by atoms with E-state index < -0.39 is 0 Å². The van der Waals surface area contributed by atoms with E-state index in [-0.39, 0.29) is 24.0 Å². The van der Waals surface area contributed by atoms with Gasteiger partial charge in [0.15, 0.2) is 5.96 Å². The van der Waals surface area contributed by atoms with E-state index in [1.165, 1.54) is 10.9 Å². The van der Waals surface area contributed by atoms with Crippen molar-refractivity contribution in [1.29, 1.82) is 0 Å². The number of benzene rings is 1. The van der Waals surface area contributed by atoms with Gasteiger partial charge in [-0.15, -0.1) is 24.0 Å². The lowest BCUT2D eigenvalue weighted by molar-refractivity contribution is 0.568. The van der Waals surface area contributed by atoms with Crippen molar-refractivity contribution in [2.45, 2.75) is 25.9 Å². The molecule has 0 amide bonds. The lowest BCUT2D eigenvalue weighted by Gasteiger charge is -2.12. The highest BCUT2D eigenvalue weighted by atomic mass is 127. The van der Waals surface area contributed by atoms with Crippen LogP contribution in [0.25, 0.3) is 10.9 Å². The minimum atomic E-state index is 0. The van der Waals surface area contributed by atoms with E-state index in [2.05, 4.69) is 61.8 Å². The zero-order valence-electron chi connectivity index (χ0n) is 15.1. The molecule has 3 rings (SSSR count). The van der Waals surface area contributed by atoms with Crippen LogP contribution in [0.4, 0.5) is 0 Å². The van der Waals surface area contributed by atoms with Crippen LogP contribution in [0.15, 0.2) is 60.0 Å². The molecule has 0 unspecified atom stereocenters. The molecule has 0 aliphatic rings. The molecule has 0 saturated heterocycles. The molecule has 0 aliphatic heterocycles.